The lowest BCUT2D eigenvalue weighted by Crippen LogP contribution is -2.33. The Kier molecular flexibility index (Phi) is 10.4. The Morgan fingerprint density at radius 3 is 2.60 bits per heavy atom. The Morgan fingerprint density at radius 2 is 1.93 bits per heavy atom. The van der Waals surface area contributed by atoms with Gasteiger partial charge in [-0.25, -0.2) is 9.36 Å². The molecule has 1 aromatic carbocycles. The largest absolute Gasteiger partial charge is 0.503 e. The van der Waals surface area contributed by atoms with E-state index in [1.807, 2.05) is 0 Å². The standard InChI is InChI=1S/C23H28Cl2N3O13P/c1-10-7-28(23(33)27-21(10)31)17-5-14(41-26-6-12-13(24)4-15(36-2)20(30)19(12)25)16(39-17)9-38-42(34,35)37-8-11-3-18(29)40-22(11)32/h4,6-7,11,14,16-18,22,29-30,32H,3,5,8-9H2,1-2H3,(H,34,35)(H,27,31,33)/b26-6+/t11-,14+,16-,17-,18?,22?/m1/s1. The van der Waals surface area contributed by atoms with E-state index in [1.165, 1.54) is 26.3 Å². The highest BCUT2D eigenvalue weighted by Gasteiger charge is 2.41. The first-order chi connectivity index (χ1) is 19.8. The van der Waals surface area contributed by atoms with E-state index in [4.69, 9.17) is 51.3 Å². The normalized spacial score (nSPS) is 27.4. The molecule has 2 aromatic rings. The molecule has 3 heterocycles. The number of aromatic hydroxyl groups is 1. The first-order valence-corrected chi connectivity index (χ1v) is 14.6. The molecule has 0 bridgehead atoms. The zero-order valence-corrected chi connectivity index (χ0v) is 24.5. The Labute approximate surface area is 247 Å². The highest BCUT2D eigenvalue weighted by Crippen LogP contribution is 2.46. The monoisotopic (exact) mass is 655 g/mol. The maximum absolute atomic E-state index is 12.5. The number of H-pyrrole nitrogens is 1. The molecular weight excluding hydrogens is 628 g/mol. The van der Waals surface area contributed by atoms with E-state index >= 15 is 0 Å². The summed E-state index contributed by atoms with van der Waals surface area (Å²) in [6.07, 6.45) is -3.31. The number of benzene rings is 1. The van der Waals surface area contributed by atoms with Crippen molar-refractivity contribution in [3.8, 4) is 11.5 Å². The molecule has 16 nitrogen and oxygen atoms in total. The van der Waals surface area contributed by atoms with Crippen molar-refractivity contribution in [3.63, 3.8) is 0 Å². The molecule has 2 aliphatic rings. The molecule has 0 amide bonds. The van der Waals surface area contributed by atoms with Crippen molar-refractivity contribution in [2.24, 2.45) is 11.1 Å². The molecule has 5 N–H and O–H groups in total. The summed E-state index contributed by atoms with van der Waals surface area (Å²) >= 11 is 12.4. The van der Waals surface area contributed by atoms with Crippen LogP contribution in [0.25, 0.3) is 0 Å². The van der Waals surface area contributed by atoms with Crippen LogP contribution in [0.1, 0.15) is 30.2 Å². The summed E-state index contributed by atoms with van der Waals surface area (Å²) in [7, 11) is -3.38. The molecule has 3 unspecified atom stereocenters. The van der Waals surface area contributed by atoms with E-state index in [1.54, 1.807) is 0 Å². The van der Waals surface area contributed by atoms with Gasteiger partial charge in [0.25, 0.3) is 5.56 Å². The molecule has 2 aliphatic heterocycles. The van der Waals surface area contributed by atoms with Gasteiger partial charge in [-0.05, 0) is 6.92 Å². The van der Waals surface area contributed by atoms with Crippen LogP contribution < -0.4 is 16.0 Å². The summed E-state index contributed by atoms with van der Waals surface area (Å²) in [5.74, 6) is -1.11. The van der Waals surface area contributed by atoms with Crippen molar-refractivity contribution < 1.29 is 52.9 Å². The van der Waals surface area contributed by atoms with E-state index in [2.05, 4.69) is 10.1 Å². The number of aryl methyl sites for hydroxylation is 1. The van der Waals surface area contributed by atoms with E-state index in [9.17, 15) is 34.4 Å². The summed E-state index contributed by atoms with van der Waals surface area (Å²) < 4.78 is 39.3. The molecule has 1 aromatic heterocycles. The minimum absolute atomic E-state index is 0.0180. The molecule has 0 spiro atoms. The van der Waals surface area contributed by atoms with Gasteiger partial charge >= 0.3 is 13.5 Å². The van der Waals surface area contributed by atoms with Crippen molar-refractivity contribution in [1.82, 2.24) is 9.55 Å². The first kappa shape index (κ1) is 32.4. The molecule has 0 radical (unpaired) electrons. The van der Waals surface area contributed by atoms with Crippen molar-refractivity contribution in [1.29, 1.82) is 0 Å². The molecule has 232 valence electrons. The fourth-order valence-electron chi connectivity index (χ4n) is 4.22. The molecule has 7 atom stereocenters. The predicted molar refractivity (Wildman–Crippen MR) is 145 cm³/mol. The molecule has 2 fully saturated rings. The molecule has 4 rings (SSSR count). The number of aromatic nitrogens is 2. The van der Waals surface area contributed by atoms with Crippen LogP contribution in [-0.2, 0) is 27.9 Å². The van der Waals surface area contributed by atoms with Gasteiger partial charge in [0.1, 0.15) is 12.3 Å². The number of phenols is 1. The van der Waals surface area contributed by atoms with E-state index in [0.717, 1.165) is 10.8 Å². The van der Waals surface area contributed by atoms with Crippen molar-refractivity contribution in [3.05, 3.63) is 54.3 Å². The van der Waals surface area contributed by atoms with Crippen LogP contribution in [0.15, 0.2) is 27.0 Å². The lowest BCUT2D eigenvalue weighted by Gasteiger charge is -2.20. The number of phosphoric acid groups is 1. The second-order valence-electron chi connectivity index (χ2n) is 9.40. The maximum Gasteiger partial charge on any atom is 0.472 e. The number of nitrogens with one attached hydrogen (secondary N) is 1. The maximum atomic E-state index is 12.5. The zero-order valence-electron chi connectivity index (χ0n) is 22.1. The summed E-state index contributed by atoms with van der Waals surface area (Å²) in [5.41, 5.74) is -1.01. The van der Waals surface area contributed by atoms with Gasteiger partial charge in [0, 0.05) is 42.1 Å². The van der Waals surface area contributed by atoms with Crippen LogP contribution in [0.2, 0.25) is 10.0 Å². The number of halogens is 2. The van der Waals surface area contributed by atoms with Crippen LogP contribution in [0, 0.1) is 12.8 Å². The molecule has 0 aliphatic carbocycles. The summed E-state index contributed by atoms with van der Waals surface area (Å²) in [4.78, 5) is 42.1. The van der Waals surface area contributed by atoms with Crippen molar-refractivity contribution in [2.75, 3.05) is 20.3 Å². The second kappa shape index (κ2) is 13.4. The Hall–Kier alpha value is -2.50. The third kappa shape index (κ3) is 7.52. The summed E-state index contributed by atoms with van der Waals surface area (Å²) in [6, 6.07) is 1.32. The number of oxime groups is 1. The fourth-order valence-corrected chi connectivity index (χ4v) is 5.54. The van der Waals surface area contributed by atoms with Gasteiger partial charge in [-0.3, -0.25) is 23.4 Å². The lowest BCUT2D eigenvalue weighted by atomic mass is 10.1. The van der Waals surface area contributed by atoms with Crippen LogP contribution in [0.4, 0.5) is 0 Å². The van der Waals surface area contributed by atoms with E-state index in [-0.39, 0.29) is 45.5 Å². The number of aliphatic hydroxyl groups is 2. The van der Waals surface area contributed by atoms with Gasteiger partial charge in [0.15, 0.2) is 30.2 Å². The Balaban J connectivity index is 1.49. The van der Waals surface area contributed by atoms with Crippen molar-refractivity contribution >= 4 is 37.2 Å². The van der Waals surface area contributed by atoms with Crippen LogP contribution in [0.5, 0.6) is 11.5 Å². The predicted octanol–water partition coefficient (Wildman–Crippen LogP) is 1.38. The Morgan fingerprint density at radius 1 is 1.21 bits per heavy atom. The Bertz CT molecular complexity index is 1480. The first-order valence-electron chi connectivity index (χ1n) is 12.3. The van der Waals surface area contributed by atoms with Gasteiger partial charge < -0.3 is 39.3 Å². The lowest BCUT2D eigenvalue weighted by molar-refractivity contribution is -0.170. The van der Waals surface area contributed by atoms with Crippen LogP contribution in [-0.4, -0.2) is 81.1 Å². The average molecular weight is 656 g/mol. The van der Waals surface area contributed by atoms with Crippen LogP contribution >= 0.6 is 31.0 Å². The molecule has 0 saturated carbocycles. The second-order valence-corrected chi connectivity index (χ2v) is 11.6. The number of hydrogen-bond donors (Lipinski definition) is 5. The highest BCUT2D eigenvalue weighted by molar-refractivity contribution is 7.47. The number of phenolic OH excluding ortho intramolecular Hbond substituents is 1. The summed E-state index contributed by atoms with van der Waals surface area (Å²) in [5, 5.41) is 33.1. The number of methoxy groups -OCH3 is 1. The smallest absolute Gasteiger partial charge is 0.472 e. The topological polar surface area (TPSA) is 221 Å². The number of rotatable bonds is 11. The molecule has 19 heteroatoms. The number of aromatic amines is 1. The van der Waals surface area contributed by atoms with Crippen LogP contribution in [0.3, 0.4) is 0 Å². The molecule has 2 saturated heterocycles. The van der Waals surface area contributed by atoms with Gasteiger partial charge in [-0.2, -0.15) is 0 Å². The number of aliphatic hydroxyl groups excluding tert-OH is 2. The highest BCUT2D eigenvalue weighted by atomic mass is 35.5. The molecule has 42 heavy (non-hydrogen) atoms. The van der Waals surface area contributed by atoms with Gasteiger partial charge in [-0.15, -0.1) is 0 Å². The quantitative estimate of drug-likeness (QED) is 0.131. The minimum atomic E-state index is -4.70. The number of hydrogen-bond acceptors (Lipinski definition) is 13. The van der Waals surface area contributed by atoms with Gasteiger partial charge in [0.2, 0.25) is 0 Å². The third-order valence-electron chi connectivity index (χ3n) is 6.49. The summed E-state index contributed by atoms with van der Waals surface area (Å²) in [6.45, 7) is 0.469. The van der Waals surface area contributed by atoms with Crippen molar-refractivity contribution in [2.45, 2.75) is 50.8 Å². The van der Waals surface area contributed by atoms with Gasteiger partial charge in [0.05, 0.1) is 36.6 Å². The average Bonchev–Trinajstić information content (AvgIpc) is 3.49. The van der Waals surface area contributed by atoms with E-state index in [0.29, 0.717) is 0 Å². The number of nitrogens with zero attached hydrogens (tertiary/aromatic N) is 2. The van der Waals surface area contributed by atoms with Gasteiger partial charge in [-0.1, -0.05) is 28.4 Å². The fraction of sp³-hybridized carbons (Fsp3) is 0.522. The zero-order chi connectivity index (χ0) is 30.8. The molecular formula is C23H28Cl2N3O13P. The minimum Gasteiger partial charge on any atom is -0.503 e. The third-order valence-corrected chi connectivity index (χ3v) is 8.13. The number of ether oxygens (including phenoxy) is 3. The number of phosphoric ester groups is 1. The van der Waals surface area contributed by atoms with E-state index < -0.39 is 69.2 Å². The SMILES string of the molecule is COc1cc(Cl)c(/C=N/O[C@H]2C[C@H](n3cc(C)c(=O)[nH]c3=O)O[C@@H]2COP(=O)(O)OC[C@H]2CC(O)OC2O)c(Cl)c1O.